The third-order valence-electron chi connectivity index (χ3n) is 6.71. The van der Waals surface area contributed by atoms with E-state index >= 15 is 0 Å². The van der Waals surface area contributed by atoms with Gasteiger partial charge in [-0.3, -0.25) is 0 Å². The molecule has 0 aromatic rings. The van der Waals surface area contributed by atoms with Crippen LogP contribution in [-0.2, 0) is 0 Å². The molecule has 5 aliphatic carbocycles. The van der Waals surface area contributed by atoms with Crippen LogP contribution in [0.4, 0.5) is 0 Å². The Bertz CT molecular complexity index is 373. The SMILES string of the molecule is N#CC1CCCCCC1NC12CC3CC(CC(C3)C1)C2. The van der Waals surface area contributed by atoms with Gasteiger partial charge < -0.3 is 5.32 Å². The summed E-state index contributed by atoms with van der Waals surface area (Å²) in [7, 11) is 0. The maximum atomic E-state index is 9.51. The highest BCUT2D eigenvalue weighted by molar-refractivity contribution is 5.09. The van der Waals surface area contributed by atoms with Gasteiger partial charge in [-0.05, 0) is 69.1 Å². The largest absolute Gasteiger partial charge is 0.307 e. The maximum Gasteiger partial charge on any atom is 0.0672 e. The highest BCUT2D eigenvalue weighted by atomic mass is 15.0. The van der Waals surface area contributed by atoms with Crippen LogP contribution in [-0.4, -0.2) is 11.6 Å². The van der Waals surface area contributed by atoms with Gasteiger partial charge in [-0.2, -0.15) is 5.26 Å². The van der Waals surface area contributed by atoms with E-state index in [0.717, 1.165) is 24.2 Å². The fourth-order valence-corrected chi connectivity index (χ4v) is 6.32. The Balaban J connectivity index is 1.51. The van der Waals surface area contributed by atoms with Gasteiger partial charge in [0, 0.05) is 11.6 Å². The molecule has 5 saturated carbocycles. The number of nitriles is 1. The van der Waals surface area contributed by atoms with E-state index in [-0.39, 0.29) is 5.92 Å². The Kier molecular flexibility index (Phi) is 3.30. The molecule has 0 aromatic heterocycles. The van der Waals surface area contributed by atoms with Gasteiger partial charge in [0.05, 0.1) is 12.0 Å². The summed E-state index contributed by atoms with van der Waals surface area (Å²) in [6, 6.07) is 3.10. The lowest BCUT2D eigenvalue weighted by Gasteiger charge is -2.58. The van der Waals surface area contributed by atoms with Crippen molar-refractivity contribution in [3.05, 3.63) is 0 Å². The summed E-state index contributed by atoms with van der Waals surface area (Å²) >= 11 is 0. The maximum absolute atomic E-state index is 9.51. The van der Waals surface area contributed by atoms with Gasteiger partial charge in [-0.15, -0.1) is 0 Å². The van der Waals surface area contributed by atoms with Crippen molar-refractivity contribution in [3.63, 3.8) is 0 Å². The molecule has 2 unspecified atom stereocenters. The lowest BCUT2D eigenvalue weighted by atomic mass is 9.53. The summed E-state index contributed by atoms with van der Waals surface area (Å²) < 4.78 is 0. The molecule has 2 heteroatoms. The summed E-state index contributed by atoms with van der Waals surface area (Å²) in [5.74, 6) is 3.27. The molecule has 2 nitrogen and oxygen atoms in total. The Morgan fingerprint density at radius 1 is 0.850 bits per heavy atom. The van der Waals surface area contributed by atoms with Gasteiger partial charge in [0.2, 0.25) is 0 Å². The van der Waals surface area contributed by atoms with E-state index in [1.165, 1.54) is 64.2 Å². The van der Waals surface area contributed by atoms with E-state index in [2.05, 4.69) is 11.4 Å². The first kappa shape index (κ1) is 13.1. The quantitative estimate of drug-likeness (QED) is 0.771. The van der Waals surface area contributed by atoms with E-state index in [1.807, 2.05) is 0 Å². The van der Waals surface area contributed by atoms with Crippen molar-refractivity contribution in [2.75, 3.05) is 0 Å². The van der Waals surface area contributed by atoms with Crippen LogP contribution < -0.4 is 5.32 Å². The molecular weight excluding hydrogens is 244 g/mol. The van der Waals surface area contributed by atoms with Crippen molar-refractivity contribution >= 4 is 0 Å². The fraction of sp³-hybridized carbons (Fsp3) is 0.944. The Labute approximate surface area is 123 Å². The average Bonchev–Trinajstić information content (AvgIpc) is 2.61. The minimum absolute atomic E-state index is 0.269. The van der Waals surface area contributed by atoms with Gasteiger partial charge in [-0.25, -0.2) is 0 Å². The van der Waals surface area contributed by atoms with E-state index < -0.39 is 0 Å². The van der Waals surface area contributed by atoms with Crippen LogP contribution in [0.5, 0.6) is 0 Å². The van der Waals surface area contributed by atoms with Crippen LogP contribution in [0, 0.1) is 35.0 Å². The number of hydrogen-bond donors (Lipinski definition) is 1. The molecular formula is C18H28N2. The smallest absolute Gasteiger partial charge is 0.0672 e. The highest BCUT2D eigenvalue weighted by Crippen LogP contribution is 2.56. The molecule has 5 aliphatic rings. The van der Waals surface area contributed by atoms with Crippen LogP contribution in [0.15, 0.2) is 0 Å². The molecule has 4 bridgehead atoms. The fourth-order valence-electron chi connectivity index (χ4n) is 6.32. The van der Waals surface area contributed by atoms with Crippen LogP contribution in [0.2, 0.25) is 0 Å². The molecule has 0 saturated heterocycles. The molecule has 0 aliphatic heterocycles. The molecule has 0 spiro atoms. The topological polar surface area (TPSA) is 35.8 Å². The minimum atomic E-state index is 0.269. The molecule has 0 heterocycles. The molecule has 2 atom stereocenters. The first-order valence-corrected chi connectivity index (χ1v) is 8.94. The zero-order valence-corrected chi connectivity index (χ0v) is 12.6. The molecule has 5 fully saturated rings. The number of hydrogen-bond acceptors (Lipinski definition) is 2. The molecule has 5 rings (SSSR count). The molecule has 0 amide bonds. The van der Waals surface area contributed by atoms with Gasteiger partial charge in [0.25, 0.3) is 0 Å². The van der Waals surface area contributed by atoms with Crippen molar-refractivity contribution in [2.45, 2.75) is 82.2 Å². The zero-order chi connectivity index (χ0) is 13.6. The number of rotatable bonds is 2. The molecule has 0 radical (unpaired) electrons. The Morgan fingerprint density at radius 2 is 1.45 bits per heavy atom. The normalized spacial score (nSPS) is 50.6. The molecule has 0 aromatic carbocycles. The first-order chi connectivity index (χ1) is 9.76. The van der Waals surface area contributed by atoms with E-state index in [0.29, 0.717) is 11.6 Å². The van der Waals surface area contributed by atoms with Crippen molar-refractivity contribution in [3.8, 4) is 6.07 Å². The van der Waals surface area contributed by atoms with Crippen LogP contribution in [0.25, 0.3) is 0 Å². The zero-order valence-electron chi connectivity index (χ0n) is 12.6. The van der Waals surface area contributed by atoms with E-state index in [1.54, 1.807) is 0 Å². The second-order valence-corrected chi connectivity index (χ2v) is 8.32. The predicted molar refractivity (Wildman–Crippen MR) is 80.0 cm³/mol. The lowest BCUT2D eigenvalue weighted by Crippen LogP contribution is -2.61. The summed E-state index contributed by atoms with van der Waals surface area (Å²) in [5, 5.41) is 13.6. The predicted octanol–water partition coefficient (Wildman–Crippen LogP) is 4.02. The van der Waals surface area contributed by atoms with Crippen molar-refractivity contribution in [1.29, 1.82) is 5.26 Å². The molecule has 110 valence electrons. The van der Waals surface area contributed by atoms with Gasteiger partial charge >= 0.3 is 0 Å². The third kappa shape index (κ3) is 2.29. The Hall–Kier alpha value is -0.550. The summed E-state index contributed by atoms with van der Waals surface area (Å²) in [4.78, 5) is 0. The summed E-state index contributed by atoms with van der Waals surface area (Å²) in [6.45, 7) is 0. The standard InChI is InChI=1S/C18H28N2/c19-12-16-4-2-1-3-5-17(16)20-18-9-13-6-14(10-18)8-15(7-13)11-18/h13-17,20H,1-11H2. The molecule has 20 heavy (non-hydrogen) atoms. The number of nitrogens with zero attached hydrogens (tertiary/aromatic N) is 1. The van der Waals surface area contributed by atoms with Gasteiger partial charge in [-0.1, -0.05) is 19.3 Å². The van der Waals surface area contributed by atoms with Gasteiger partial charge in [0.1, 0.15) is 0 Å². The first-order valence-electron chi connectivity index (χ1n) is 8.94. The summed E-state index contributed by atoms with van der Waals surface area (Å²) in [6.07, 6.45) is 15.0. The second kappa shape index (κ2) is 5.02. The second-order valence-electron chi connectivity index (χ2n) is 8.32. The van der Waals surface area contributed by atoms with E-state index in [9.17, 15) is 5.26 Å². The monoisotopic (exact) mass is 272 g/mol. The Morgan fingerprint density at radius 3 is 2.05 bits per heavy atom. The van der Waals surface area contributed by atoms with Crippen LogP contribution >= 0.6 is 0 Å². The third-order valence-corrected chi connectivity index (χ3v) is 6.71. The lowest BCUT2D eigenvalue weighted by molar-refractivity contribution is -0.0279. The average molecular weight is 272 g/mol. The van der Waals surface area contributed by atoms with Crippen LogP contribution in [0.1, 0.15) is 70.6 Å². The van der Waals surface area contributed by atoms with Crippen molar-refractivity contribution in [2.24, 2.45) is 23.7 Å². The van der Waals surface area contributed by atoms with Gasteiger partial charge in [0.15, 0.2) is 0 Å². The number of nitrogens with one attached hydrogen (secondary N) is 1. The summed E-state index contributed by atoms with van der Waals surface area (Å²) in [5.41, 5.74) is 0.429. The van der Waals surface area contributed by atoms with Crippen molar-refractivity contribution < 1.29 is 0 Å². The molecule has 1 N–H and O–H groups in total. The highest BCUT2D eigenvalue weighted by Gasteiger charge is 2.51. The van der Waals surface area contributed by atoms with Crippen molar-refractivity contribution in [1.82, 2.24) is 5.32 Å². The minimum Gasteiger partial charge on any atom is -0.307 e. The van der Waals surface area contributed by atoms with Crippen LogP contribution in [0.3, 0.4) is 0 Å². The van der Waals surface area contributed by atoms with E-state index in [4.69, 9.17) is 0 Å².